The molecule has 1 aromatic heterocycles. The van der Waals surface area contributed by atoms with Crippen molar-refractivity contribution in [3.8, 4) is 5.75 Å². The number of benzene rings is 2. The van der Waals surface area contributed by atoms with E-state index in [1.807, 2.05) is 30.3 Å². The number of hydrogen-bond donors (Lipinski definition) is 0. The summed E-state index contributed by atoms with van der Waals surface area (Å²) in [5.74, 6) is 3.15. The zero-order valence-electron chi connectivity index (χ0n) is 16.1. The molecule has 1 aliphatic rings. The molecule has 2 aromatic carbocycles. The van der Waals surface area contributed by atoms with Gasteiger partial charge in [0.2, 0.25) is 5.89 Å². The van der Waals surface area contributed by atoms with Crippen LogP contribution in [-0.4, -0.2) is 17.3 Å². The largest absolute Gasteiger partial charge is 0.497 e. The van der Waals surface area contributed by atoms with Crippen LogP contribution in [0.25, 0.3) is 0 Å². The normalized spacial score (nSPS) is 19.5. The predicted molar refractivity (Wildman–Crippen MR) is 105 cm³/mol. The molecule has 0 bridgehead atoms. The van der Waals surface area contributed by atoms with E-state index in [9.17, 15) is 4.39 Å². The van der Waals surface area contributed by atoms with Crippen molar-refractivity contribution < 1.29 is 13.7 Å². The average Bonchev–Trinajstić information content (AvgIpc) is 3.16. The van der Waals surface area contributed by atoms with Crippen LogP contribution in [0.1, 0.15) is 54.4 Å². The van der Waals surface area contributed by atoms with E-state index < -0.39 is 0 Å². The van der Waals surface area contributed by atoms with E-state index in [1.54, 1.807) is 19.2 Å². The first-order valence-electron chi connectivity index (χ1n) is 9.89. The molecule has 0 radical (unpaired) electrons. The van der Waals surface area contributed by atoms with E-state index in [0.29, 0.717) is 24.1 Å². The standard InChI is InChI=1S/C23H25FN2O2/c1-27-21-11-7-16(8-12-21)13-22-25-23(28-26-22)14-17-5-9-18(10-6-17)19-3-2-4-20(24)15-19/h2-4,7-8,11-12,15,17-18H,5-6,9-10,13-14H2,1H3. The lowest BCUT2D eigenvalue weighted by Crippen LogP contribution is -2.15. The van der Waals surface area contributed by atoms with Gasteiger partial charge in [0.1, 0.15) is 11.6 Å². The molecule has 0 spiro atoms. The van der Waals surface area contributed by atoms with Crippen molar-refractivity contribution in [2.75, 3.05) is 7.11 Å². The van der Waals surface area contributed by atoms with Gasteiger partial charge in [-0.15, -0.1) is 0 Å². The van der Waals surface area contributed by atoms with E-state index in [0.717, 1.165) is 54.9 Å². The van der Waals surface area contributed by atoms with Crippen molar-refractivity contribution in [1.29, 1.82) is 0 Å². The highest BCUT2D eigenvalue weighted by Crippen LogP contribution is 2.37. The van der Waals surface area contributed by atoms with Gasteiger partial charge in [-0.1, -0.05) is 29.4 Å². The monoisotopic (exact) mass is 380 g/mol. The molecular weight excluding hydrogens is 355 g/mol. The van der Waals surface area contributed by atoms with Gasteiger partial charge >= 0.3 is 0 Å². The first-order valence-corrected chi connectivity index (χ1v) is 9.89. The van der Waals surface area contributed by atoms with Crippen molar-refractivity contribution in [2.45, 2.75) is 44.4 Å². The molecule has 28 heavy (non-hydrogen) atoms. The lowest BCUT2D eigenvalue weighted by Gasteiger charge is -2.28. The Morgan fingerprint density at radius 1 is 1.07 bits per heavy atom. The number of ether oxygens (including phenoxy) is 1. The van der Waals surface area contributed by atoms with Crippen LogP contribution in [0.2, 0.25) is 0 Å². The molecule has 0 amide bonds. The number of nitrogens with zero attached hydrogens (tertiary/aromatic N) is 2. The van der Waals surface area contributed by atoms with Crippen LogP contribution in [0.15, 0.2) is 53.1 Å². The fourth-order valence-electron chi connectivity index (χ4n) is 4.08. The molecule has 1 saturated carbocycles. The predicted octanol–water partition coefficient (Wildman–Crippen LogP) is 5.32. The summed E-state index contributed by atoms with van der Waals surface area (Å²) >= 11 is 0. The van der Waals surface area contributed by atoms with E-state index >= 15 is 0 Å². The molecule has 0 N–H and O–H groups in total. The molecule has 3 aromatic rings. The number of aromatic nitrogens is 2. The van der Waals surface area contributed by atoms with Gasteiger partial charge in [-0.05, 0) is 72.9 Å². The molecule has 5 heteroatoms. The van der Waals surface area contributed by atoms with Gasteiger partial charge < -0.3 is 9.26 Å². The molecule has 1 fully saturated rings. The molecule has 0 atom stereocenters. The molecule has 146 valence electrons. The van der Waals surface area contributed by atoms with Crippen LogP contribution < -0.4 is 4.74 Å². The molecule has 0 saturated heterocycles. The first kappa shape index (κ1) is 18.7. The molecule has 0 aliphatic heterocycles. The Bertz CT molecular complexity index is 899. The van der Waals surface area contributed by atoms with Crippen LogP contribution >= 0.6 is 0 Å². The van der Waals surface area contributed by atoms with Crippen molar-refractivity contribution in [3.63, 3.8) is 0 Å². The molecule has 4 nitrogen and oxygen atoms in total. The summed E-state index contributed by atoms with van der Waals surface area (Å²) in [6, 6.07) is 14.9. The molecule has 0 unspecified atom stereocenters. The summed E-state index contributed by atoms with van der Waals surface area (Å²) in [5, 5.41) is 4.13. The van der Waals surface area contributed by atoms with Crippen molar-refractivity contribution in [1.82, 2.24) is 10.1 Å². The SMILES string of the molecule is COc1ccc(Cc2noc(CC3CCC(c4cccc(F)c4)CC3)n2)cc1. The summed E-state index contributed by atoms with van der Waals surface area (Å²) in [4.78, 5) is 4.57. The van der Waals surface area contributed by atoms with E-state index in [-0.39, 0.29) is 5.82 Å². The second kappa shape index (κ2) is 8.55. The van der Waals surface area contributed by atoms with Gasteiger partial charge in [-0.2, -0.15) is 4.98 Å². The smallest absolute Gasteiger partial charge is 0.226 e. The highest BCUT2D eigenvalue weighted by molar-refractivity contribution is 5.28. The van der Waals surface area contributed by atoms with Crippen LogP contribution in [0.4, 0.5) is 4.39 Å². The second-order valence-electron chi connectivity index (χ2n) is 7.61. The van der Waals surface area contributed by atoms with E-state index in [4.69, 9.17) is 9.26 Å². The summed E-state index contributed by atoms with van der Waals surface area (Å²) < 4.78 is 24.1. The second-order valence-corrected chi connectivity index (χ2v) is 7.61. The highest BCUT2D eigenvalue weighted by atomic mass is 19.1. The van der Waals surface area contributed by atoms with E-state index in [1.165, 1.54) is 6.07 Å². The van der Waals surface area contributed by atoms with Crippen molar-refractivity contribution >= 4 is 0 Å². The molecule has 4 rings (SSSR count). The lowest BCUT2D eigenvalue weighted by atomic mass is 9.77. The third-order valence-electron chi connectivity index (χ3n) is 5.66. The third-order valence-corrected chi connectivity index (χ3v) is 5.66. The lowest BCUT2D eigenvalue weighted by molar-refractivity contribution is 0.287. The van der Waals surface area contributed by atoms with E-state index in [2.05, 4.69) is 10.1 Å². The Morgan fingerprint density at radius 3 is 2.57 bits per heavy atom. The minimum Gasteiger partial charge on any atom is -0.497 e. The molecule has 1 aliphatic carbocycles. The first-order chi connectivity index (χ1) is 13.7. The maximum atomic E-state index is 13.4. The van der Waals surface area contributed by atoms with Crippen LogP contribution in [0.5, 0.6) is 5.75 Å². The quantitative estimate of drug-likeness (QED) is 0.580. The fraction of sp³-hybridized carbons (Fsp3) is 0.391. The van der Waals surface area contributed by atoms with Crippen molar-refractivity contribution in [3.05, 3.63) is 77.2 Å². The summed E-state index contributed by atoms with van der Waals surface area (Å²) in [6.07, 6.45) is 5.86. The van der Waals surface area contributed by atoms with Gasteiger partial charge in [0.15, 0.2) is 5.82 Å². The summed E-state index contributed by atoms with van der Waals surface area (Å²) in [6.45, 7) is 0. The van der Waals surface area contributed by atoms with Crippen LogP contribution in [0, 0.1) is 11.7 Å². The van der Waals surface area contributed by atoms with Gasteiger partial charge in [0, 0.05) is 12.8 Å². The Hall–Kier alpha value is -2.69. The van der Waals surface area contributed by atoms with Gasteiger partial charge in [-0.3, -0.25) is 0 Å². The number of rotatable bonds is 6. The van der Waals surface area contributed by atoms with Gasteiger partial charge in [0.25, 0.3) is 0 Å². The van der Waals surface area contributed by atoms with Crippen LogP contribution in [0.3, 0.4) is 0 Å². The Labute approximate surface area is 164 Å². The summed E-state index contributed by atoms with van der Waals surface area (Å²) in [5.41, 5.74) is 2.25. The Morgan fingerprint density at radius 2 is 1.86 bits per heavy atom. The van der Waals surface area contributed by atoms with Gasteiger partial charge in [-0.25, -0.2) is 4.39 Å². The van der Waals surface area contributed by atoms with Crippen LogP contribution in [-0.2, 0) is 12.8 Å². The minimum absolute atomic E-state index is 0.144. The molecule has 1 heterocycles. The maximum Gasteiger partial charge on any atom is 0.226 e. The minimum atomic E-state index is -0.144. The Balaban J connectivity index is 1.29. The van der Waals surface area contributed by atoms with Gasteiger partial charge in [0.05, 0.1) is 7.11 Å². The zero-order valence-corrected chi connectivity index (χ0v) is 16.1. The van der Waals surface area contributed by atoms with Crippen molar-refractivity contribution in [2.24, 2.45) is 5.92 Å². The summed E-state index contributed by atoms with van der Waals surface area (Å²) in [7, 11) is 1.66. The fourth-order valence-corrected chi connectivity index (χ4v) is 4.08. The maximum absolute atomic E-state index is 13.4. The number of hydrogen-bond acceptors (Lipinski definition) is 4. The highest BCUT2D eigenvalue weighted by Gasteiger charge is 2.24. The zero-order chi connectivity index (χ0) is 19.3. The third kappa shape index (κ3) is 4.58. The number of halogens is 1. The Kier molecular flexibility index (Phi) is 5.70. The topological polar surface area (TPSA) is 48.2 Å². The number of methoxy groups -OCH3 is 1. The molecular formula is C23H25FN2O2. The average molecular weight is 380 g/mol.